The summed E-state index contributed by atoms with van der Waals surface area (Å²) >= 11 is 0. The van der Waals surface area contributed by atoms with Crippen LogP contribution < -0.4 is 20.1 Å². The molecule has 0 radical (unpaired) electrons. The molecule has 1 amide bonds. The predicted molar refractivity (Wildman–Crippen MR) is 117 cm³/mol. The number of nitrogens with one attached hydrogen (secondary N) is 1. The normalized spacial score (nSPS) is 23.1. The van der Waals surface area contributed by atoms with Gasteiger partial charge >= 0.3 is 0 Å². The highest BCUT2D eigenvalue weighted by molar-refractivity contribution is 7.89. The molecule has 1 aromatic heterocycles. The lowest BCUT2D eigenvalue weighted by Crippen LogP contribution is -2.55. The highest BCUT2D eigenvalue weighted by Crippen LogP contribution is 2.38. The van der Waals surface area contributed by atoms with Crippen molar-refractivity contribution < 1.29 is 22.3 Å². The Morgan fingerprint density at radius 1 is 1.16 bits per heavy atom. The number of ether oxygens (including phenoxy) is 1. The molecule has 4 rings (SSSR count). The summed E-state index contributed by atoms with van der Waals surface area (Å²) < 4.78 is 41.9. The smallest absolute Gasteiger partial charge is 0.263 e. The molecule has 32 heavy (non-hydrogen) atoms. The number of nitrogens with two attached hydrogens (primary N) is 1. The first-order chi connectivity index (χ1) is 15.0. The van der Waals surface area contributed by atoms with Gasteiger partial charge < -0.3 is 15.0 Å². The number of pyridine rings is 1. The van der Waals surface area contributed by atoms with Crippen LogP contribution in [-0.2, 0) is 14.8 Å². The van der Waals surface area contributed by atoms with Crippen LogP contribution in [0.25, 0.3) is 0 Å². The van der Waals surface area contributed by atoms with Gasteiger partial charge in [0, 0.05) is 24.3 Å². The van der Waals surface area contributed by atoms with Crippen LogP contribution in [0.4, 0.5) is 10.2 Å². The number of anilines is 1. The Balaban J connectivity index is 1.40. The minimum absolute atomic E-state index is 0.00367. The monoisotopic (exact) mass is 462 g/mol. The van der Waals surface area contributed by atoms with Crippen molar-refractivity contribution >= 4 is 21.7 Å². The largest absolute Gasteiger partial charge is 0.478 e. The first-order valence-electron chi connectivity index (χ1n) is 10.6. The van der Waals surface area contributed by atoms with Gasteiger partial charge in [0.15, 0.2) is 5.60 Å². The number of piperidine rings is 1. The van der Waals surface area contributed by atoms with E-state index in [1.807, 2.05) is 0 Å². The summed E-state index contributed by atoms with van der Waals surface area (Å²) in [6.07, 6.45) is 4.75. The summed E-state index contributed by atoms with van der Waals surface area (Å²) in [4.78, 5) is 19.4. The fourth-order valence-electron chi connectivity index (χ4n) is 4.57. The van der Waals surface area contributed by atoms with E-state index in [4.69, 9.17) is 9.88 Å². The van der Waals surface area contributed by atoms with E-state index in [1.165, 1.54) is 36.5 Å². The summed E-state index contributed by atoms with van der Waals surface area (Å²) in [6, 6.07) is 9.14. The zero-order chi connectivity index (χ0) is 23.1. The van der Waals surface area contributed by atoms with Gasteiger partial charge in [0.25, 0.3) is 5.91 Å². The summed E-state index contributed by atoms with van der Waals surface area (Å²) in [5.41, 5.74) is -1.11. The van der Waals surface area contributed by atoms with Crippen LogP contribution >= 0.6 is 0 Å². The second kappa shape index (κ2) is 8.32. The molecule has 2 bridgehead atoms. The van der Waals surface area contributed by atoms with Gasteiger partial charge in [-0.15, -0.1) is 0 Å². The van der Waals surface area contributed by atoms with Crippen LogP contribution in [0.3, 0.4) is 0 Å². The summed E-state index contributed by atoms with van der Waals surface area (Å²) in [5.74, 6) is 0.552. The van der Waals surface area contributed by atoms with Crippen molar-refractivity contribution in [3.8, 4) is 5.75 Å². The fraction of sp³-hybridized carbons (Fsp3) is 0.455. The lowest BCUT2D eigenvalue weighted by molar-refractivity contribution is -0.135. The van der Waals surface area contributed by atoms with E-state index in [9.17, 15) is 17.6 Å². The average Bonchev–Trinajstić information content (AvgIpc) is 2.99. The zero-order valence-corrected chi connectivity index (χ0v) is 18.8. The zero-order valence-electron chi connectivity index (χ0n) is 18.0. The average molecular weight is 463 g/mol. The quantitative estimate of drug-likeness (QED) is 0.681. The molecule has 2 saturated heterocycles. The number of hydrogen-bond donors (Lipinski definition) is 2. The van der Waals surface area contributed by atoms with Crippen molar-refractivity contribution in [3.05, 3.63) is 48.4 Å². The molecule has 0 saturated carbocycles. The third-order valence-corrected chi connectivity index (χ3v) is 7.01. The van der Waals surface area contributed by atoms with E-state index in [-0.39, 0.29) is 34.7 Å². The maximum Gasteiger partial charge on any atom is 0.263 e. The second-order valence-electron chi connectivity index (χ2n) is 8.90. The minimum Gasteiger partial charge on any atom is -0.478 e. The van der Waals surface area contributed by atoms with Gasteiger partial charge in [0.1, 0.15) is 22.3 Å². The Morgan fingerprint density at radius 3 is 2.31 bits per heavy atom. The van der Waals surface area contributed by atoms with Crippen LogP contribution in [0.1, 0.15) is 39.5 Å². The molecule has 2 fully saturated rings. The molecular weight excluding hydrogens is 435 g/mol. The Bertz CT molecular complexity index is 1080. The van der Waals surface area contributed by atoms with E-state index in [1.54, 1.807) is 19.9 Å². The van der Waals surface area contributed by atoms with Gasteiger partial charge in [-0.25, -0.2) is 22.9 Å². The second-order valence-corrected chi connectivity index (χ2v) is 10.5. The number of fused-ring (bicyclic) bond motifs is 2. The van der Waals surface area contributed by atoms with Gasteiger partial charge in [-0.3, -0.25) is 4.79 Å². The maximum absolute atomic E-state index is 13.1. The number of carbonyl (C=O) groups excluding carboxylic acids is 1. The van der Waals surface area contributed by atoms with Crippen LogP contribution in [0.2, 0.25) is 0 Å². The van der Waals surface area contributed by atoms with E-state index in [0.29, 0.717) is 5.75 Å². The molecule has 172 valence electrons. The Hall–Kier alpha value is -2.72. The fourth-order valence-corrected chi connectivity index (χ4v) is 5.02. The van der Waals surface area contributed by atoms with Crippen molar-refractivity contribution in [2.45, 2.75) is 68.2 Å². The number of aromatic nitrogens is 1. The highest BCUT2D eigenvalue weighted by atomic mass is 32.2. The molecule has 0 spiro atoms. The first-order valence-corrected chi connectivity index (χ1v) is 12.1. The lowest BCUT2D eigenvalue weighted by atomic mass is 9.96. The number of rotatable bonds is 6. The molecule has 2 aromatic rings. The number of sulfonamides is 1. The van der Waals surface area contributed by atoms with E-state index in [2.05, 4.69) is 15.2 Å². The van der Waals surface area contributed by atoms with E-state index < -0.39 is 15.6 Å². The number of carbonyl (C=O) groups is 1. The number of amides is 1. The van der Waals surface area contributed by atoms with Gasteiger partial charge in [0.05, 0.1) is 0 Å². The molecule has 10 heteroatoms. The molecule has 2 aliphatic rings. The van der Waals surface area contributed by atoms with Gasteiger partial charge in [0.2, 0.25) is 10.0 Å². The Morgan fingerprint density at radius 2 is 1.78 bits per heavy atom. The van der Waals surface area contributed by atoms with Crippen LogP contribution in [0.5, 0.6) is 5.75 Å². The molecule has 0 aliphatic carbocycles. The van der Waals surface area contributed by atoms with Crippen LogP contribution in [0.15, 0.2) is 47.5 Å². The number of primary sulfonamides is 1. The maximum atomic E-state index is 13.1. The Kier molecular flexibility index (Phi) is 5.85. The topological polar surface area (TPSA) is 115 Å². The SMILES string of the molecule is CC(C)(Oc1ccc(F)cc1)C(=O)N[C@H]1C[C@H]2CC[C@@H](C1)N2c1ccc(S(N)(=O)=O)cn1. The Labute approximate surface area is 187 Å². The van der Waals surface area contributed by atoms with Crippen LogP contribution in [0, 0.1) is 5.82 Å². The number of nitrogens with zero attached hydrogens (tertiary/aromatic N) is 2. The predicted octanol–water partition coefficient (Wildman–Crippen LogP) is 2.34. The third kappa shape index (κ3) is 4.71. The van der Waals surface area contributed by atoms with Crippen molar-refractivity contribution in [1.29, 1.82) is 0 Å². The molecule has 1 aromatic carbocycles. The molecule has 3 N–H and O–H groups in total. The molecule has 3 heterocycles. The van der Waals surface area contributed by atoms with Gasteiger partial charge in [-0.1, -0.05) is 0 Å². The number of halogens is 1. The third-order valence-electron chi connectivity index (χ3n) is 6.12. The summed E-state index contributed by atoms with van der Waals surface area (Å²) in [6.45, 7) is 3.37. The van der Waals surface area contributed by atoms with Crippen LogP contribution in [-0.4, -0.2) is 43.0 Å². The lowest BCUT2D eigenvalue weighted by Gasteiger charge is -2.40. The van der Waals surface area contributed by atoms with Gasteiger partial charge in [-0.2, -0.15) is 0 Å². The summed E-state index contributed by atoms with van der Waals surface area (Å²) in [5, 5.41) is 8.27. The standard InChI is InChI=1S/C22H27FN4O4S/c1-22(2,31-18-7-3-14(23)4-8-18)21(28)26-15-11-16-5-6-17(12-15)27(16)20-10-9-19(13-25-20)32(24,29)30/h3-4,7-10,13,15-17H,5-6,11-12H2,1-2H3,(H,26,28)(H2,24,29,30)/t15-,16+,17-. The number of hydrogen-bond acceptors (Lipinski definition) is 6. The van der Waals surface area contributed by atoms with Crippen molar-refractivity contribution in [2.75, 3.05) is 4.90 Å². The molecule has 2 aliphatic heterocycles. The van der Waals surface area contributed by atoms with Gasteiger partial charge in [-0.05, 0) is 75.9 Å². The minimum atomic E-state index is -3.78. The molecule has 8 nitrogen and oxygen atoms in total. The molecule has 3 atom stereocenters. The molecular formula is C22H27FN4O4S. The summed E-state index contributed by atoms with van der Waals surface area (Å²) in [7, 11) is -3.78. The highest BCUT2D eigenvalue weighted by Gasteiger charge is 2.43. The van der Waals surface area contributed by atoms with E-state index >= 15 is 0 Å². The van der Waals surface area contributed by atoms with Crippen molar-refractivity contribution in [3.63, 3.8) is 0 Å². The van der Waals surface area contributed by atoms with Crippen molar-refractivity contribution in [2.24, 2.45) is 5.14 Å². The first kappa shape index (κ1) is 22.5. The van der Waals surface area contributed by atoms with Crippen molar-refractivity contribution in [1.82, 2.24) is 10.3 Å². The molecule has 0 unspecified atom stereocenters. The van der Waals surface area contributed by atoms with E-state index in [0.717, 1.165) is 31.5 Å². The number of benzene rings is 1.